The number of nitrogens with zero attached hydrogens (tertiary/aromatic N) is 2. The molecule has 2 heterocycles. The number of carbonyl (C=O) groups is 1. The number of aliphatic hydroxyl groups is 1. The van der Waals surface area contributed by atoms with Gasteiger partial charge in [0.25, 0.3) is 0 Å². The second-order valence-electron chi connectivity index (χ2n) is 9.29. The van der Waals surface area contributed by atoms with Crippen LogP contribution in [0.4, 0.5) is 5.82 Å². The molecule has 10 heteroatoms. The molecular weight excluding hydrogens is 494 g/mol. The standard InChI is InChI=1S/C27H29N3O5S.H2O.2H2/c1-35-22-11-9-20(10-12-22)27(15-16-27)26(32)29-25-6-2-5-24(28-25)19-7-13-23(14-8-19)36(33,34)30-17-3-4-21(30)18-31;;;/h2,5-14,21,31H,3-4,15-18H2,1H3,(H,28,29,32);1H2;2*1H/t21-;;;/m1.../s1. The van der Waals surface area contributed by atoms with E-state index in [2.05, 4.69) is 10.3 Å². The summed E-state index contributed by atoms with van der Waals surface area (Å²) in [4.78, 5) is 17.9. The first-order valence-electron chi connectivity index (χ1n) is 12.0. The molecule has 2 fully saturated rings. The van der Waals surface area contributed by atoms with Gasteiger partial charge in [-0.25, -0.2) is 13.4 Å². The van der Waals surface area contributed by atoms with Gasteiger partial charge in [-0.3, -0.25) is 4.79 Å². The van der Waals surface area contributed by atoms with E-state index in [1.807, 2.05) is 36.4 Å². The van der Waals surface area contributed by atoms with Crippen LogP contribution in [0.3, 0.4) is 0 Å². The van der Waals surface area contributed by atoms with Gasteiger partial charge < -0.3 is 20.6 Å². The second-order valence-corrected chi connectivity index (χ2v) is 11.2. The molecule has 1 aromatic heterocycles. The Balaban J connectivity index is 0.00000178. The topological polar surface area (TPSA) is 140 Å². The van der Waals surface area contributed by atoms with Gasteiger partial charge in [0, 0.05) is 21.0 Å². The van der Waals surface area contributed by atoms with Crippen LogP contribution in [0.5, 0.6) is 5.75 Å². The number of amides is 1. The third-order valence-corrected chi connectivity index (χ3v) is 9.07. The summed E-state index contributed by atoms with van der Waals surface area (Å²) in [5.41, 5.74) is 1.76. The Labute approximate surface area is 219 Å². The van der Waals surface area contributed by atoms with Crippen LogP contribution < -0.4 is 10.1 Å². The molecule has 9 nitrogen and oxygen atoms in total. The van der Waals surface area contributed by atoms with Crippen molar-refractivity contribution < 1.29 is 31.4 Å². The highest BCUT2D eigenvalue weighted by Gasteiger charge is 2.51. The summed E-state index contributed by atoms with van der Waals surface area (Å²) in [5, 5.41) is 12.5. The first-order valence-corrected chi connectivity index (χ1v) is 13.5. The van der Waals surface area contributed by atoms with Crippen LogP contribution in [0.1, 0.15) is 34.1 Å². The molecule has 37 heavy (non-hydrogen) atoms. The number of nitrogens with one attached hydrogen (secondary N) is 1. The van der Waals surface area contributed by atoms with Crippen molar-refractivity contribution in [2.24, 2.45) is 0 Å². The number of anilines is 1. The van der Waals surface area contributed by atoms with E-state index < -0.39 is 15.4 Å². The zero-order valence-electron chi connectivity index (χ0n) is 20.6. The van der Waals surface area contributed by atoms with Gasteiger partial charge in [-0.1, -0.05) is 30.3 Å². The van der Waals surface area contributed by atoms with Crippen molar-refractivity contribution >= 4 is 21.7 Å². The highest BCUT2D eigenvalue weighted by Crippen LogP contribution is 2.49. The van der Waals surface area contributed by atoms with Crippen molar-refractivity contribution in [2.75, 3.05) is 25.6 Å². The van der Waals surface area contributed by atoms with Crippen LogP contribution in [0.2, 0.25) is 0 Å². The lowest BCUT2D eigenvalue weighted by Crippen LogP contribution is -2.37. The first kappa shape index (κ1) is 26.7. The number of rotatable bonds is 8. The molecule has 1 aliphatic carbocycles. The maximum atomic E-state index is 13.2. The average Bonchev–Trinajstić information content (AvgIpc) is 3.58. The van der Waals surface area contributed by atoms with E-state index in [9.17, 15) is 18.3 Å². The minimum Gasteiger partial charge on any atom is -0.497 e. The van der Waals surface area contributed by atoms with Crippen molar-refractivity contribution in [3.8, 4) is 17.0 Å². The summed E-state index contributed by atoms with van der Waals surface area (Å²) >= 11 is 0. The van der Waals surface area contributed by atoms with Crippen LogP contribution in [0.15, 0.2) is 71.6 Å². The lowest BCUT2D eigenvalue weighted by Gasteiger charge is -2.22. The third-order valence-electron chi connectivity index (χ3n) is 7.11. The molecule has 0 unspecified atom stereocenters. The summed E-state index contributed by atoms with van der Waals surface area (Å²) in [7, 11) is -2.06. The minimum absolute atomic E-state index is 0. The molecule has 0 spiro atoms. The van der Waals surface area contributed by atoms with Crippen LogP contribution in [0.25, 0.3) is 11.3 Å². The second kappa shape index (κ2) is 10.6. The van der Waals surface area contributed by atoms with E-state index in [0.717, 1.165) is 36.1 Å². The quantitative estimate of drug-likeness (QED) is 0.459. The van der Waals surface area contributed by atoms with Gasteiger partial charge in [0.2, 0.25) is 15.9 Å². The van der Waals surface area contributed by atoms with E-state index in [1.165, 1.54) is 4.31 Å². The molecule has 2 aliphatic rings. The number of aliphatic hydroxyl groups excluding tert-OH is 1. The van der Waals surface area contributed by atoms with Crippen LogP contribution >= 0.6 is 0 Å². The smallest absolute Gasteiger partial charge is 0.243 e. The van der Waals surface area contributed by atoms with Crippen molar-refractivity contribution in [1.29, 1.82) is 0 Å². The van der Waals surface area contributed by atoms with E-state index >= 15 is 0 Å². The molecule has 1 saturated carbocycles. The lowest BCUT2D eigenvalue weighted by molar-refractivity contribution is -0.118. The molecule has 1 amide bonds. The number of sulfonamides is 1. The van der Waals surface area contributed by atoms with Crippen molar-refractivity contribution in [2.45, 2.75) is 42.0 Å². The maximum absolute atomic E-state index is 13.2. The molecule has 5 rings (SSSR count). The number of methoxy groups -OCH3 is 1. The Hall–Kier alpha value is -3.31. The maximum Gasteiger partial charge on any atom is 0.243 e. The molecule has 1 atom stereocenters. The summed E-state index contributed by atoms with van der Waals surface area (Å²) in [5.74, 6) is 1.09. The molecule has 2 aromatic carbocycles. The fraction of sp³-hybridized carbons (Fsp3) is 0.333. The Morgan fingerprint density at radius 3 is 2.46 bits per heavy atom. The molecule has 1 saturated heterocycles. The lowest BCUT2D eigenvalue weighted by atomic mass is 9.95. The van der Waals surface area contributed by atoms with Crippen LogP contribution in [-0.4, -0.2) is 60.5 Å². The molecular formula is C27H35N3O6S. The van der Waals surface area contributed by atoms with Gasteiger partial charge in [-0.2, -0.15) is 4.31 Å². The van der Waals surface area contributed by atoms with Gasteiger partial charge in [0.05, 0.1) is 29.7 Å². The van der Waals surface area contributed by atoms with Crippen molar-refractivity contribution in [3.05, 3.63) is 72.3 Å². The Morgan fingerprint density at radius 2 is 1.84 bits per heavy atom. The predicted molar refractivity (Wildman–Crippen MR) is 144 cm³/mol. The molecule has 4 N–H and O–H groups in total. The summed E-state index contributed by atoms with van der Waals surface area (Å²) in [6, 6.07) is 19.1. The third kappa shape index (κ3) is 5.10. The largest absolute Gasteiger partial charge is 0.497 e. The Morgan fingerprint density at radius 1 is 1.14 bits per heavy atom. The summed E-state index contributed by atoms with van der Waals surface area (Å²) in [6.07, 6.45) is 2.95. The highest BCUT2D eigenvalue weighted by atomic mass is 32.2. The summed E-state index contributed by atoms with van der Waals surface area (Å²) < 4.78 is 32.6. The van der Waals surface area contributed by atoms with Gasteiger partial charge in [0.15, 0.2) is 0 Å². The van der Waals surface area contributed by atoms with Crippen molar-refractivity contribution in [3.63, 3.8) is 0 Å². The van der Waals surface area contributed by atoms with Crippen molar-refractivity contribution in [1.82, 2.24) is 9.29 Å². The van der Waals surface area contributed by atoms with Crippen LogP contribution in [-0.2, 0) is 20.2 Å². The number of carbonyl (C=O) groups excluding carboxylic acids is 1. The molecule has 3 aromatic rings. The molecule has 200 valence electrons. The highest BCUT2D eigenvalue weighted by molar-refractivity contribution is 7.89. The fourth-order valence-electron chi connectivity index (χ4n) is 4.82. The normalized spacial score (nSPS) is 18.6. The number of ether oxygens (including phenoxy) is 1. The van der Waals surface area contributed by atoms with E-state index in [4.69, 9.17) is 4.74 Å². The van der Waals surface area contributed by atoms with Gasteiger partial charge in [-0.15, -0.1) is 0 Å². The molecule has 1 aliphatic heterocycles. The van der Waals surface area contributed by atoms with E-state index in [0.29, 0.717) is 24.5 Å². The SMILES string of the molecule is COc1ccc(C2(C(=O)Nc3cccc(-c4ccc(S(=O)(=O)N5CCC[C@@H]5CO)cc4)n3)CC2)cc1.O.[HH].[HH]. The van der Waals surface area contributed by atoms with E-state index in [1.54, 1.807) is 37.4 Å². The van der Waals surface area contributed by atoms with Gasteiger partial charge >= 0.3 is 0 Å². The van der Waals surface area contributed by atoms with Crippen LogP contribution in [0, 0.1) is 0 Å². The average molecular weight is 530 g/mol. The van der Waals surface area contributed by atoms with E-state index in [-0.39, 0.29) is 31.8 Å². The van der Waals surface area contributed by atoms with Gasteiger partial charge in [-0.05, 0) is 67.6 Å². The zero-order chi connectivity index (χ0) is 25.3. The molecule has 0 radical (unpaired) electrons. The van der Waals surface area contributed by atoms with Gasteiger partial charge in [0.1, 0.15) is 11.6 Å². The monoisotopic (exact) mass is 529 g/mol. The Kier molecular flexibility index (Phi) is 7.65. The number of hydrogen-bond acceptors (Lipinski definition) is 6. The number of pyridine rings is 1. The minimum atomic E-state index is -3.68. The fourth-order valence-corrected chi connectivity index (χ4v) is 6.51. The number of hydrogen-bond donors (Lipinski definition) is 2. The number of aromatic nitrogens is 1. The summed E-state index contributed by atoms with van der Waals surface area (Å²) in [6.45, 7) is 0.232. The zero-order valence-corrected chi connectivity index (χ0v) is 21.4. The Bertz CT molecular complexity index is 1370. The molecule has 0 bridgehead atoms. The number of benzene rings is 2. The predicted octanol–water partition coefficient (Wildman–Crippen LogP) is 3.24. The first-order chi connectivity index (χ1) is 17.4.